The highest BCUT2D eigenvalue weighted by atomic mass is 32.2. The fourth-order valence-corrected chi connectivity index (χ4v) is 3.54. The van der Waals surface area contributed by atoms with Crippen molar-refractivity contribution in [2.45, 2.75) is 32.0 Å². The lowest BCUT2D eigenvalue weighted by Gasteiger charge is -2.09. The van der Waals surface area contributed by atoms with Crippen molar-refractivity contribution in [2.75, 3.05) is 11.1 Å². The van der Waals surface area contributed by atoms with Crippen LogP contribution in [0.5, 0.6) is 0 Å². The van der Waals surface area contributed by atoms with E-state index in [1.165, 1.54) is 11.8 Å². The highest BCUT2D eigenvalue weighted by Crippen LogP contribution is 2.18. The number of hydrogen-bond acceptors (Lipinski definition) is 4. The number of nitrogens with one attached hydrogen (secondary N) is 2. The zero-order chi connectivity index (χ0) is 19.2. The number of carbonyl (C=O) groups is 1. The summed E-state index contributed by atoms with van der Waals surface area (Å²) in [4.78, 5) is 24.3. The van der Waals surface area contributed by atoms with Crippen molar-refractivity contribution in [2.24, 2.45) is 0 Å². The molecule has 7 heteroatoms. The molecule has 1 aromatic heterocycles. The summed E-state index contributed by atoms with van der Waals surface area (Å²) >= 11 is 1.25. The van der Waals surface area contributed by atoms with Crippen molar-refractivity contribution in [1.82, 2.24) is 14.8 Å². The normalized spacial score (nSPS) is 10.7. The Morgan fingerprint density at radius 1 is 1.19 bits per heavy atom. The number of carbonyl (C=O) groups excluding carboxylic acids is 1. The lowest BCUT2D eigenvalue weighted by atomic mass is 10.1. The maximum Gasteiger partial charge on any atom is 0.343 e. The van der Waals surface area contributed by atoms with Crippen molar-refractivity contribution in [3.8, 4) is 0 Å². The number of hydrogen-bond donors (Lipinski definition) is 2. The zero-order valence-electron chi connectivity index (χ0n) is 15.4. The summed E-state index contributed by atoms with van der Waals surface area (Å²) in [5.74, 6) is 0.0557. The molecule has 1 heterocycles. The van der Waals surface area contributed by atoms with Gasteiger partial charge in [-0.05, 0) is 37.5 Å². The summed E-state index contributed by atoms with van der Waals surface area (Å²) in [6.45, 7) is 4.49. The van der Waals surface area contributed by atoms with Crippen LogP contribution in [0.1, 0.15) is 16.7 Å². The number of aromatic nitrogens is 3. The van der Waals surface area contributed by atoms with Gasteiger partial charge >= 0.3 is 5.69 Å². The van der Waals surface area contributed by atoms with Crippen LogP contribution < -0.4 is 11.0 Å². The Kier molecular flexibility index (Phi) is 6.13. The molecule has 3 rings (SSSR count). The Morgan fingerprint density at radius 3 is 2.70 bits per heavy atom. The van der Waals surface area contributed by atoms with Crippen molar-refractivity contribution in [3.05, 3.63) is 75.7 Å². The van der Waals surface area contributed by atoms with Crippen LogP contribution in [0.3, 0.4) is 0 Å². The summed E-state index contributed by atoms with van der Waals surface area (Å²) in [7, 11) is 0. The quantitative estimate of drug-likeness (QED) is 0.615. The SMILES string of the molecule is Cc1ccc(NC(=O)CSc2n[nH]c(=O)n2CCc2ccccc2)c(C)c1. The second kappa shape index (κ2) is 8.73. The Balaban J connectivity index is 1.59. The first-order chi connectivity index (χ1) is 13.0. The molecule has 0 aliphatic carbocycles. The van der Waals surface area contributed by atoms with Gasteiger partial charge in [0, 0.05) is 12.2 Å². The van der Waals surface area contributed by atoms with E-state index in [4.69, 9.17) is 0 Å². The zero-order valence-corrected chi connectivity index (χ0v) is 16.2. The average molecular weight is 382 g/mol. The molecule has 0 saturated carbocycles. The van der Waals surface area contributed by atoms with Crippen LogP contribution in [0.15, 0.2) is 58.5 Å². The molecule has 140 valence electrons. The van der Waals surface area contributed by atoms with E-state index in [1.807, 2.05) is 62.4 Å². The Labute approximate surface area is 162 Å². The minimum Gasteiger partial charge on any atom is -0.325 e. The third-order valence-electron chi connectivity index (χ3n) is 4.18. The highest BCUT2D eigenvalue weighted by molar-refractivity contribution is 7.99. The van der Waals surface area contributed by atoms with E-state index in [0.717, 1.165) is 28.8 Å². The fraction of sp³-hybridized carbons (Fsp3) is 0.250. The molecule has 0 fully saturated rings. The van der Waals surface area contributed by atoms with Gasteiger partial charge in [-0.3, -0.25) is 9.36 Å². The molecule has 0 saturated heterocycles. The number of H-pyrrole nitrogens is 1. The first-order valence-corrected chi connectivity index (χ1v) is 9.70. The van der Waals surface area contributed by atoms with Gasteiger partial charge in [0.2, 0.25) is 5.91 Å². The summed E-state index contributed by atoms with van der Waals surface area (Å²) in [6.07, 6.45) is 0.725. The smallest absolute Gasteiger partial charge is 0.325 e. The molecule has 27 heavy (non-hydrogen) atoms. The summed E-state index contributed by atoms with van der Waals surface area (Å²) in [5.41, 5.74) is 3.86. The third-order valence-corrected chi connectivity index (χ3v) is 5.15. The standard InChI is InChI=1S/C20H22N4O2S/c1-14-8-9-17(15(2)12-14)21-18(25)13-27-20-23-22-19(26)24(20)11-10-16-6-4-3-5-7-16/h3-9,12H,10-11,13H2,1-2H3,(H,21,25)(H,22,26). The van der Waals surface area contributed by atoms with Gasteiger partial charge in [0.25, 0.3) is 0 Å². The third kappa shape index (κ3) is 5.10. The second-order valence-electron chi connectivity index (χ2n) is 6.35. The summed E-state index contributed by atoms with van der Waals surface area (Å²) in [6, 6.07) is 15.8. The van der Waals surface area contributed by atoms with Crippen LogP contribution in [0.2, 0.25) is 0 Å². The first kappa shape index (κ1) is 19.0. The number of aromatic amines is 1. The van der Waals surface area contributed by atoms with Crippen LogP contribution in [0, 0.1) is 13.8 Å². The molecule has 0 bridgehead atoms. The van der Waals surface area contributed by atoms with Gasteiger partial charge in [0.15, 0.2) is 5.16 Å². The molecule has 0 atom stereocenters. The van der Waals surface area contributed by atoms with Crippen LogP contribution >= 0.6 is 11.8 Å². The number of amides is 1. The maximum absolute atomic E-state index is 12.3. The van der Waals surface area contributed by atoms with Gasteiger partial charge in [-0.2, -0.15) is 0 Å². The molecule has 6 nitrogen and oxygen atoms in total. The predicted octanol–water partition coefficient (Wildman–Crippen LogP) is 3.16. The lowest BCUT2D eigenvalue weighted by Crippen LogP contribution is -2.20. The minimum absolute atomic E-state index is 0.128. The van der Waals surface area contributed by atoms with Gasteiger partial charge < -0.3 is 5.32 Å². The van der Waals surface area contributed by atoms with Crippen molar-refractivity contribution in [1.29, 1.82) is 0 Å². The van der Waals surface area contributed by atoms with Gasteiger partial charge in [0.1, 0.15) is 0 Å². The van der Waals surface area contributed by atoms with E-state index in [9.17, 15) is 9.59 Å². The molecular weight excluding hydrogens is 360 g/mol. The highest BCUT2D eigenvalue weighted by Gasteiger charge is 2.12. The van der Waals surface area contributed by atoms with E-state index in [0.29, 0.717) is 11.7 Å². The number of nitrogens with zero attached hydrogens (tertiary/aromatic N) is 2. The lowest BCUT2D eigenvalue weighted by molar-refractivity contribution is -0.113. The number of anilines is 1. The van der Waals surface area contributed by atoms with Crippen LogP contribution in [0.25, 0.3) is 0 Å². The number of aryl methyl sites for hydroxylation is 3. The molecule has 2 N–H and O–H groups in total. The van der Waals surface area contributed by atoms with Crippen molar-refractivity contribution >= 4 is 23.4 Å². The molecule has 2 aromatic carbocycles. The average Bonchev–Trinajstić information content (AvgIpc) is 3.01. The summed E-state index contributed by atoms with van der Waals surface area (Å²) < 4.78 is 1.57. The van der Waals surface area contributed by atoms with E-state index in [1.54, 1.807) is 4.57 Å². The summed E-state index contributed by atoms with van der Waals surface area (Å²) in [5, 5.41) is 9.94. The number of thioether (sulfide) groups is 1. The number of benzene rings is 2. The van der Waals surface area contributed by atoms with E-state index >= 15 is 0 Å². The van der Waals surface area contributed by atoms with Gasteiger partial charge in [-0.15, -0.1) is 5.10 Å². The molecule has 0 spiro atoms. The van der Waals surface area contributed by atoms with Gasteiger partial charge in [0.05, 0.1) is 5.75 Å². The minimum atomic E-state index is -0.261. The van der Waals surface area contributed by atoms with Gasteiger partial charge in [-0.25, -0.2) is 9.89 Å². The van der Waals surface area contributed by atoms with Crippen LogP contribution in [0.4, 0.5) is 5.69 Å². The molecular formula is C20H22N4O2S. The second-order valence-corrected chi connectivity index (χ2v) is 7.30. The number of rotatable bonds is 7. The predicted molar refractivity (Wildman–Crippen MR) is 108 cm³/mol. The van der Waals surface area contributed by atoms with Crippen molar-refractivity contribution < 1.29 is 4.79 Å². The van der Waals surface area contributed by atoms with E-state index in [-0.39, 0.29) is 17.3 Å². The largest absolute Gasteiger partial charge is 0.343 e. The van der Waals surface area contributed by atoms with E-state index in [2.05, 4.69) is 15.5 Å². The molecule has 0 unspecified atom stereocenters. The van der Waals surface area contributed by atoms with E-state index < -0.39 is 0 Å². The molecule has 0 radical (unpaired) electrons. The van der Waals surface area contributed by atoms with Gasteiger partial charge in [-0.1, -0.05) is 59.8 Å². The first-order valence-electron chi connectivity index (χ1n) is 8.72. The molecule has 0 aliphatic rings. The Morgan fingerprint density at radius 2 is 1.96 bits per heavy atom. The maximum atomic E-state index is 12.3. The molecule has 1 amide bonds. The fourth-order valence-electron chi connectivity index (χ4n) is 2.77. The topological polar surface area (TPSA) is 79.8 Å². The Bertz CT molecular complexity index is 979. The van der Waals surface area contributed by atoms with Crippen LogP contribution in [-0.2, 0) is 17.8 Å². The van der Waals surface area contributed by atoms with Crippen molar-refractivity contribution in [3.63, 3.8) is 0 Å². The molecule has 0 aliphatic heterocycles. The molecule has 3 aromatic rings. The Hall–Kier alpha value is -2.80. The van der Waals surface area contributed by atoms with Crippen LogP contribution in [-0.4, -0.2) is 26.4 Å². The monoisotopic (exact) mass is 382 g/mol.